The smallest absolute Gasteiger partial charge is 0.183 e. The predicted molar refractivity (Wildman–Crippen MR) is 55.6 cm³/mol. The second-order valence-electron chi connectivity index (χ2n) is 3.84. The fraction of sp³-hybridized carbons (Fsp3) is 0.727. The van der Waals surface area contributed by atoms with Crippen LogP contribution in [0, 0.1) is 0 Å². The third-order valence-corrected chi connectivity index (χ3v) is 2.53. The summed E-state index contributed by atoms with van der Waals surface area (Å²) in [6, 6.07) is 0. The predicted octanol–water partition coefficient (Wildman–Crippen LogP) is 1.30. The van der Waals surface area contributed by atoms with Crippen LogP contribution in [-0.2, 0) is 19.0 Å². The van der Waals surface area contributed by atoms with Crippen LogP contribution in [0.25, 0.3) is 0 Å². The lowest BCUT2D eigenvalue weighted by Gasteiger charge is -2.35. The first-order valence-corrected chi connectivity index (χ1v) is 5.08. The molecule has 0 bridgehead atoms. The molecule has 1 heterocycles. The molecule has 1 fully saturated rings. The molecule has 1 rings (SSSR count). The normalized spacial score (nSPS) is 19.9. The van der Waals surface area contributed by atoms with Gasteiger partial charge in [-0.25, -0.2) is 0 Å². The first-order chi connectivity index (χ1) is 7.09. The molecule has 0 aromatic carbocycles. The monoisotopic (exact) mass is 214 g/mol. The molecule has 0 aromatic rings. The summed E-state index contributed by atoms with van der Waals surface area (Å²) in [5.74, 6) is -0.0756. The zero-order valence-electron chi connectivity index (χ0n) is 9.38. The van der Waals surface area contributed by atoms with Crippen molar-refractivity contribution in [3.05, 3.63) is 12.2 Å². The van der Waals surface area contributed by atoms with Crippen LogP contribution in [0.4, 0.5) is 0 Å². The minimum absolute atomic E-state index is 0.0515. The topological polar surface area (TPSA) is 44.8 Å². The number of hydrogen-bond donors (Lipinski definition) is 0. The Morgan fingerprint density at radius 2 is 2.07 bits per heavy atom. The summed E-state index contributed by atoms with van der Waals surface area (Å²) >= 11 is 0. The van der Waals surface area contributed by atoms with Crippen molar-refractivity contribution in [2.45, 2.75) is 25.9 Å². The van der Waals surface area contributed by atoms with Crippen LogP contribution in [0.15, 0.2) is 12.2 Å². The van der Waals surface area contributed by atoms with Gasteiger partial charge in [-0.15, -0.1) is 0 Å². The van der Waals surface area contributed by atoms with Gasteiger partial charge in [-0.1, -0.05) is 13.5 Å². The summed E-state index contributed by atoms with van der Waals surface area (Å²) < 4.78 is 16.0. The van der Waals surface area contributed by atoms with Gasteiger partial charge in [0.05, 0.1) is 13.2 Å². The second kappa shape index (κ2) is 5.39. The summed E-state index contributed by atoms with van der Waals surface area (Å²) in [7, 11) is 0. The minimum atomic E-state index is -0.469. The Hall–Kier alpha value is -0.710. The van der Waals surface area contributed by atoms with E-state index < -0.39 is 5.60 Å². The molecule has 15 heavy (non-hydrogen) atoms. The molecule has 0 spiro atoms. The Labute approximate surface area is 90.2 Å². The van der Waals surface area contributed by atoms with Crippen molar-refractivity contribution in [1.29, 1.82) is 0 Å². The molecule has 0 aromatic heterocycles. The molecule has 1 saturated heterocycles. The summed E-state index contributed by atoms with van der Waals surface area (Å²) in [4.78, 5) is 11.3. The SMILES string of the molecule is C=C(C)C(=O)COC1(CC)COCOC1. The lowest BCUT2D eigenvalue weighted by atomic mass is 10.0. The van der Waals surface area contributed by atoms with Gasteiger partial charge in [0, 0.05) is 0 Å². The molecule has 0 saturated carbocycles. The highest BCUT2D eigenvalue weighted by atomic mass is 16.7. The summed E-state index contributed by atoms with van der Waals surface area (Å²) in [5, 5.41) is 0. The van der Waals surface area contributed by atoms with E-state index in [2.05, 4.69) is 6.58 Å². The van der Waals surface area contributed by atoms with Gasteiger partial charge >= 0.3 is 0 Å². The van der Waals surface area contributed by atoms with E-state index in [-0.39, 0.29) is 12.4 Å². The zero-order chi connectivity index (χ0) is 11.3. The van der Waals surface area contributed by atoms with Crippen LogP contribution in [-0.4, -0.2) is 38.0 Å². The molecule has 1 aliphatic rings. The van der Waals surface area contributed by atoms with Crippen molar-refractivity contribution in [2.24, 2.45) is 0 Å². The molecule has 86 valence electrons. The average molecular weight is 214 g/mol. The van der Waals surface area contributed by atoms with Gasteiger partial charge < -0.3 is 14.2 Å². The van der Waals surface area contributed by atoms with Crippen molar-refractivity contribution in [1.82, 2.24) is 0 Å². The summed E-state index contributed by atoms with van der Waals surface area (Å²) in [5.41, 5.74) is 0.0440. The van der Waals surface area contributed by atoms with Crippen molar-refractivity contribution >= 4 is 5.78 Å². The van der Waals surface area contributed by atoms with Gasteiger partial charge in [-0.05, 0) is 18.9 Å². The molecule has 0 atom stereocenters. The third kappa shape index (κ3) is 3.41. The molecule has 4 heteroatoms. The summed E-state index contributed by atoms with van der Waals surface area (Å²) in [6.45, 7) is 8.56. The highest BCUT2D eigenvalue weighted by molar-refractivity contribution is 5.95. The first kappa shape index (κ1) is 12.4. The van der Waals surface area contributed by atoms with Crippen molar-refractivity contribution in [3.8, 4) is 0 Å². The lowest BCUT2D eigenvalue weighted by molar-refractivity contribution is -0.219. The first-order valence-electron chi connectivity index (χ1n) is 5.08. The molecule has 4 nitrogen and oxygen atoms in total. The molecular formula is C11H18O4. The maximum atomic E-state index is 11.3. The van der Waals surface area contributed by atoms with E-state index in [4.69, 9.17) is 14.2 Å². The van der Waals surface area contributed by atoms with Crippen molar-refractivity contribution in [3.63, 3.8) is 0 Å². The van der Waals surface area contributed by atoms with Gasteiger partial charge in [0.25, 0.3) is 0 Å². The largest absolute Gasteiger partial charge is 0.362 e. The maximum absolute atomic E-state index is 11.3. The van der Waals surface area contributed by atoms with E-state index in [1.54, 1.807) is 6.92 Å². The second-order valence-corrected chi connectivity index (χ2v) is 3.84. The van der Waals surface area contributed by atoms with Gasteiger partial charge in [0.2, 0.25) is 0 Å². The van der Waals surface area contributed by atoms with E-state index in [0.29, 0.717) is 25.6 Å². The van der Waals surface area contributed by atoms with E-state index in [9.17, 15) is 4.79 Å². The lowest BCUT2D eigenvalue weighted by Crippen LogP contribution is -2.47. The average Bonchev–Trinajstić information content (AvgIpc) is 2.27. The van der Waals surface area contributed by atoms with Crippen molar-refractivity contribution in [2.75, 3.05) is 26.6 Å². The summed E-state index contributed by atoms with van der Waals surface area (Å²) in [6.07, 6.45) is 0.760. The van der Waals surface area contributed by atoms with E-state index in [1.165, 1.54) is 0 Å². The molecule has 0 unspecified atom stereocenters. The number of carbonyl (C=O) groups excluding carboxylic acids is 1. The van der Waals surface area contributed by atoms with Gasteiger partial charge in [-0.2, -0.15) is 0 Å². The maximum Gasteiger partial charge on any atom is 0.183 e. The van der Waals surface area contributed by atoms with Gasteiger partial charge in [-0.3, -0.25) is 4.79 Å². The van der Waals surface area contributed by atoms with E-state index in [1.807, 2.05) is 6.92 Å². The fourth-order valence-electron chi connectivity index (χ4n) is 1.29. The standard InChI is InChI=1S/C11H18O4/c1-4-11(6-13-8-14-7-11)15-5-10(12)9(2)3/h2,4-8H2,1,3H3. The van der Waals surface area contributed by atoms with E-state index in [0.717, 1.165) is 6.42 Å². The third-order valence-electron chi connectivity index (χ3n) is 2.53. The number of hydrogen-bond acceptors (Lipinski definition) is 4. The van der Waals surface area contributed by atoms with Crippen LogP contribution in [0.2, 0.25) is 0 Å². The Kier molecular flexibility index (Phi) is 4.45. The number of carbonyl (C=O) groups is 1. The molecule has 0 aliphatic carbocycles. The molecule has 1 aliphatic heterocycles. The van der Waals surface area contributed by atoms with Crippen LogP contribution in [0.3, 0.4) is 0 Å². The van der Waals surface area contributed by atoms with Gasteiger partial charge in [0.1, 0.15) is 19.0 Å². The molecular weight excluding hydrogens is 196 g/mol. The quantitative estimate of drug-likeness (QED) is 0.647. The van der Waals surface area contributed by atoms with Crippen molar-refractivity contribution < 1.29 is 19.0 Å². The molecule has 0 radical (unpaired) electrons. The zero-order valence-corrected chi connectivity index (χ0v) is 9.38. The Morgan fingerprint density at radius 1 is 1.47 bits per heavy atom. The van der Waals surface area contributed by atoms with E-state index >= 15 is 0 Å². The van der Waals surface area contributed by atoms with Crippen LogP contribution in [0.1, 0.15) is 20.3 Å². The highest BCUT2D eigenvalue weighted by Crippen LogP contribution is 2.21. The number of rotatable bonds is 5. The Bertz CT molecular complexity index is 241. The van der Waals surface area contributed by atoms with Crippen LogP contribution < -0.4 is 0 Å². The number of Topliss-reactive ketones (excluding diaryl/α,β-unsaturated/α-hetero) is 1. The Morgan fingerprint density at radius 3 is 2.53 bits per heavy atom. The van der Waals surface area contributed by atoms with Crippen LogP contribution in [0.5, 0.6) is 0 Å². The highest BCUT2D eigenvalue weighted by Gasteiger charge is 2.33. The number of ether oxygens (including phenoxy) is 3. The minimum Gasteiger partial charge on any atom is -0.362 e. The number of ketones is 1. The Balaban J connectivity index is 2.45. The molecule has 0 amide bonds. The van der Waals surface area contributed by atoms with Gasteiger partial charge in [0.15, 0.2) is 5.78 Å². The molecule has 0 N–H and O–H groups in total. The van der Waals surface area contributed by atoms with Crippen LogP contribution >= 0.6 is 0 Å². The fourth-order valence-corrected chi connectivity index (χ4v) is 1.29.